The number of carbonyl (C=O) groups excluding carboxylic acids is 1. The van der Waals surface area contributed by atoms with Gasteiger partial charge in [0.2, 0.25) is 0 Å². The summed E-state index contributed by atoms with van der Waals surface area (Å²) < 4.78 is 1.93. The second-order valence-corrected chi connectivity index (χ2v) is 3.16. The van der Waals surface area contributed by atoms with Crippen molar-refractivity contribution in [2.75, 3.05) is 6.54 Å². The minimum atomic E-state index is -0.125. The van der Waals surface area contributed by atoms with E-state index in [-0.39, 0.29) is 12.1 Å². The van der Waals surface area contributed by atoms with Gasteiger partial charge in [0.05, 0.1) is 6.33 Å². The van der Waals surface area contributed by atoms with Crippen LogP contribution < -0.4 is 10.6 Å². The summed E-state index contributed by atoms with van der Waals surface area (Å²) >= 11 is 0. The second kappa shape index (κ2) is 5.26. The lowest BCUT2D eigenvalue weighted by atomic mass is 10.3. The van der Waals surface area contributed by atoms with Crippen LogP contribution >= 0.6 is 0 Å². The third kappa shape index (κ3) is 3.47. The van der Waals surface area contributed by atoms with Gasteiger partial charge in [-0.1, -0.05) is 0 Å². The highest BCUT2D eigenvalue weighted by Crippen LogP contribution is 1.90. The maximum atomic E-state index is 11.1. The monoisotopic (exact) mass is 196 g/mol. The number of imidazole rings is 1. The maximum absolute atomic E-state index is 11.1. The van der Waals surface area contributed by atoms with E-state index >= 15 is 0 Å². The molecule has 2 amide bonds. The molecule has 1 aromatic heterocycles. The molecule has 0 aliphatic carbocycles. The molecule has 1 atom stereocenters. The van der Waals surface area contributed by atoms with Crippen LogP contribution in [0, 0.1) is 0 Å². The van der Waals surface area contributed by atoms with E-state index in [9.17, 15) is 4.79 Å². The first-order valence-corrected chi connectivity index (χ1v) is 4.72. The standard InChI is InChI=1S/C9H16N4O/c1-3-11-9(14)12-8(2)6-13-5-4-10-7-13/h4-5,7-8H,3,6H2,1-2H3,(H2,11,12,14). The molecule has 1 rings (SSSR count). The van der Waals surface area contributed by atoms with Gasteiger partial charge in [0.25, 0.3) is 0 Å². The van der Waals surface area contributed by atoms with Crippen LogP contribution in [-0.2, 0) is 6.54 Å². The molecule has 0 spiro atoms. The third-order valence-corrected chi connectivity index (χ3v) is 1.76. The maximum Gasteiger partial charge on any atom is 0.315 e. The van der Waals surface area contributed by atoms with E-state index in [0.717, 1.165) is 6.54 Å². The molecular weight excluding hydrogens is 180 g/mol. The Kier molecular flexibility index (Phi) is 3.97. The molecule has 0 saturated carbocycles. The Morgan fingerprint density at radius 2 is 2.43 bits per heavy atom. The first-order chi connectivity index (χ1) is 6.72. The average molecular weight is 196 g/mol. The van der Waals surface area contributed by atoms with Crippen molar-refractivity contribution in [3.8, 4) is 0 Å². The van der Waals surface area contributed by atoms with Crippen LogP contribution in [-0.4, -0.2) is 28.2 Å². The lowest BCUT2D eigenvalue weighted by molar-refractivity contribution is 0.237. The zero-order chi connectivity index (χ0) is 10.4. The molecule has 1 unspecified atom stereocenters. The number of nitrogens with one attached hydrogen (secondary N) is 2. The van der Waals surface area contributed by atoms with E-state index < -0.39 is 0 Å². The zero-order valence-corrected chi connectivity index (χ0v) is 8.53. The number of aromatic nitrogens is 2. The highest BCUT2D eigenvalue weighted by Gasteiger charge is 2.05. The van der Waals surface area contributed by atoms with E-state index in [1.54, 1.807) is 12.5 Å². The summed E-state index contributed by atoms with van der Waals surface area (Å²) in [5.74, 6) is 0. The van der Waals surface area contributed by atoms with Crippen molar-refractivity contribution < 1.29 is 4.79 Å². The minimum Gasteiger partial charge on any atom is -0.338 e. The number of amides is 2. The first kappa shape index (κ1) is 10.6. The highest BCUT2D eigenvalue weighted by atomic mass is 16.2. The summed E-state index contributed by atoms with van der Waals surface area (Å²) in [5.41, 5.74) is 0. The molecule has 0 fully saturated rings. The molecule has 5 nitrogen and oxygen atoms in total. The molecule has 1 heterocycles. The van der Waals surface area contributed by atoms with Gasteiger partial charge in [0, 0.05) is 31.5 Å². The van der Waals surface area contributed by atoms with Crippen LogP contribution in [0.15, 0.2) is 18.7 Å². The Morgan fingerprint density at radius 3 is 3.00 bits per heavy atom. The van der Waals surface area contributed by atoms with Crippen molar-refractivity contribution in [2.24, 2.45) is 0 Å². The Bertz CT molecular complexity index is 270. The Labute approximate surface area is 83.5 Å². The van der Waals surface area contributed by atoms with Crippen molar-refractivity contribution in [2.45, 2.75) is 26.4 Å². The minimum absolute atomic E-state index is 0.0933. The smallest absolute Gasteiger partial charge is 0.315 e. The van der Waals surface area contributed by atoms with Crippen molar-refractivity contribution in [3.05, 3.63) is 18.7 Å². The molecule has 0 aromatic carbocycles. The summed E-state index contributed by atoms with van der Waals surface area (Å²) in [6.07, 6.45) is 5.32. The van der Waals surface area contributed by atoms with Crippen LogP contribution in [0.25, 0.3) is 0 Å². The van der Waals surface area contributed by atoms with Crippen LogP contribution in [0.1, 0.15) is 13.8 Å². The quantitative estimate of drug-likeness (QED) is 0.740. The molecule has 0 radical (unpaired) electrons. The summed E-state index contributed by atoms with van der Waals surface area (Å²) in [5, 5.41) is 5.50. The van der Waals surface area contributed by atoms with Crippen molar-refractivity contribution in [1.29, 1.82) is 0 Å². The molecule has 78 valence electrons. The van der Waals surface area contributed by atoms with Crippen molar-refractivity contribution in [3.63, 3.8) is 0 Å². The van der Waals surface area contributed by atoms with Crippen molar-refractivity contribution >= 4 is 6.03 Å². The summed E-state index contributed by atoms with van der Waals surface area (Å²) in [7, 11) is 0. The Balaban J connectivity index is 2.29. The summed E-state index contributed by atoms with van der Waals surface area (Å²) in [4.78, 5) is 15.1. The molecule has 1 aromatic rings. The van der Waals surface area contributed by atoms with E-state index in [0.29, 0.717) is 6.54 Å². The van der Waals surface area contributed by atoms with Gasteiger partial charge in [0.1, 0.15) is 0 Å². The number of hydrogen-bond donors (Lipinski definition) is 2. The number of hydrogen-bond acceptors (Lipinski definition) is 2. The molecule has 14 heavy (non-hydrogen) atoms. The van der Waals surface area contributed by atoms with Crippen LogP contribution in [0.5, 0.6) is 0 Å². The number of rotatable bonds is 4. The Morgan fingerprint density at radius 1 is 1.64 bits per heavy atom. The number of urea groups is 1. The number of nitrogens with zero attached hydrogens (tertiary/aromatic N) is 2. The summed E-state index contributed by atoms with van der Waals surface area (Å²) in [6.45, 7) is 5.22. The predicted molar refractivity (Wildman–Crippen MR) is 53.9 cm³/mol. The van der Waals surface area contributed by atoms with Crippen LogP contribution in [0.2, 0.25) is 0 Å². The van der Waals surface area contributed by atoms with Gasteiger partial charge in [-0.3, -0.25) is 0 Å². The van der Waals surface area contributed by atoms with Crippen LogP contribution in [0.4, 0.5) is 4.79 Å². The molecule has 5 heteroatoms. The van der Waals surface area contributed by atoms with Crippen molar-refractivity contribution in [1.82, 2.24) is 20.2 Å². The van der Waals surface area contributed by atoms with Gasteiger partial charge in [-0.25, -0.2) is 9.78 Å². The second-order valence-electron chi connectivity index (χ2n) is 3.16. The fraction of sp³-hybridized carbons (Fsp3) is 0.556. The molecule has 2 N–H and O–H groups in total. The first-order valence-electron chi connectivity index (χ1n) is 4.72. The third-order valence-electron chi connectivity index (χ3n) is 1.76. The van der Waals surface area contributed by atoms with Gasteiger partial charge in [-0.2, -0.15) is 0 Å². The van der Waals surface area contributed by atoms with Gasteiger partial charge in [-0.05, 0) is 13.8 Å². The summed E-state index contributed by atoms with van der Waals surface area (Å²) in [6, 6.07) is -0.0316. The Hall–Kier alpha value is -1.52. The van der Waals surface area contributed by atoms with Gasteiger partial charge in [-0.15, -0.1) is 0 Å². The fourth-order valence-electron chi connectivity index (χ4n) is 1.19. The molecule has 0 bridgehead atoms. The average Bonchev–Trinajstić information content (AvgIpc) is 2.56. The normalized spacial score (nSPS) is 12.1. The highest BCUT2D eigenvalue weighted by molar-refractivity contribution is 5.73. The van der Waals surface area contributed by atoms with Gasteiger partial charge < -0.3 is 15.2 Å². The lowest BCUT2D eigenvalue weighted by Crippen LogP contribution is -2.42. The number of carbonyl (C=O) groups is 1. The predicted octanol–water partition coefficient (Wildman–Crippen LogP) is 0.591. The zero-order valence-electron chi connectivity index (χ0n) is 8.53. The molecular formula is C9H16N4O. The topological polar surface area (TPSA) is 59.0 Å². The fourth-order valence-corrected chi connectivity index (χ4v) is 1.19. The van der Waals surface area contributed by atoms with Gasteiger partial charge >= 0.3 is 6.03 Å². The van der Waals surface area contributed by atoms with Gasteiger partial charge in [0.15, 0.2) is 0 Å². The largest absolute Gasteiger partial charge is 0.338 e. The molecule has 0 aliphatic heterocycles. The molecule has 0 aliphatic rings. The van der Waals surface area contributed by atoms with E-state index in [1.807, 2.05) is 24.6 Å². The lowest BCUT2D eigenvalue weighted by Gasteiger charge is -2.14. The molecule has 0 saturated heterocycles. The SMILES string of the molecule is CCNC(=O)NC(C)Cn1ccnc1. The van der Waals surface area contributed by atoms with E-state index in [2.05, 4.69) is 15.6 Å². The van der Waals surface area contributed by atoms with Crippen LogP contribution in [0.3, 0.4) is 0 Å². The van der Waals surface area contributed by atoms with E-state index in [4.69, 9.17) is 0 Å². The van der Waals surface area contributed by atoms with E-state index in [1.165, 1.54) is 0 Å².